The molecule has 37 heavy (non-hydrogen) atoms. The Morgan fingerprint density at radius 2 is 2.05 bits per heavy atom. The van der Waals surface area contributed by atoms with Crippen molar-refractivity contribution in [1.82, 2.24) is 9.80 Å². The van der Waals surface area contributed by atoms with Crippen LogP contribution in [0.1, 0.15) is 53.6 Å². The number of carboxylic acid groups (broad SMARTS) is 1. The maximum atomic E-state index is 14.2. The Morgan fingerprint density at radius 1 is 1.27 bits per heavy atom. The summed E-state index contributed by atoms with van der Waals surface area (Å²) in [5, 5.41) is 9.89. The quantitative estimate of drug-likeness (QED) is 0.537. The van der Waals surface area contributed by atoms with Crippen molar-refractivity contribution in [1.29, 1.82) is 0 Å². The molecule has 2 N–H and O–H groups in total. The third kappa shape index (κ3) is 4.77. The van der Waals surface area contributed by atoms with E-state index < -0.39 is 21.8 Å². The van der Waals surface area contributed by atoms with Crippen molar-refractivity contribution in [3.8, 4) is 5.75 Å². The van der Waals surface area contributed by atoms with E-state index in [0.29, 0.717) is 18.9 Å². The number of hydrogen-bond donors (Lipinski definition) is 2. The summed E-state index contributed by atoms with van der Waals surface area (Å²) in [6, 6.07) is 6.08. The second-order valence-corrected chi connectivity index (χ2v) is 11.6. The molecule has 2 aromatic rings. The Bertz CT molecular complexity index is 1360. The van der Waals surface area contributed by atoms with Gasteiger partial charge in [-0.05, 0) is 73.7 Å². The van der Waals surface area contributed by atoms with Crippen LogP contribution in [-0.2, 0) is 21.4 Å². The summed E-state index contributed by atoms with van der Waals surface area (Å²) in [7, 11) is -2.77. The molecule has 2 aromatic carbocycles. The van der Waals surface area contributed by atoms with E-state index in [1.807, 2.05) is 6.92 Å². The molecule has 2 heterocycles. The molecule has 3 aliphatic rings. The number of aromatic carboxylic acids is 1. The average Bonchev–Trinajstić information content (AvgIpc) is 3.49. The third-order valence-electron chi connectivity index (χ3n) is 7.56. The van der Waals surface area contributed by atoms with E-state index in [0.717, 1.165) is 49.7 Å². The van der Waals surface area contributed by atoms with Gasteiger partial charge in [0, 0.05) is 19.5 Å². The van der Waals surface area contributed by atoms with Gasteiger partial charge < -0.3 is 14.7 Å². The predicted molar refractivity (Wildman–Crippen MR) is 134 cm³/mol. The second kappa shape index (κ2) is 9.60. The molecule has 0 radical (unpaired) electrons. The highest BCUT2D eigenvalue weighted by Gasteiger charge is 2.45. The van der Waals surface area contributed by atoms with E-state index in [4.69, 9.17) is 4.74 Å². The Labute approximate surface area is 215 Å². The summed E-state index contributed by atoms with van der Waals surface area (Å²) in [5.41, 5.74) is 0.487. The number of nitrogens with zero attached hydrogens (tertiary/aromatic N) is 2. The fraction of sp³-hybridized carbons (Fsp3) is 0.462. The molecule has 5 rings (SSSR count). The zero-order chi connectivity index (χ0) is 26.5. The van der Waals surface area contributed by atoms with E-state index in [1.54, 1.807) is 13.1 Å². The van der Waals surface area contributed by atoms with Crippen LogP contribution in [0, 0.1) is 11.7 Å². The number of ether oxygens (including phenoxy) is 1. The molecule has 1 aliphatic carbocycles. The van der Waals surface area contributed by atoms with Crippen LogP contribution in [0.4, 0.5) is 10.1 Å². The fourth-order valence-corrected chi connectivity index (χ4v) is 6.84. The molecule has 3 atom stereocenters. The number of carbonyl (C=O) groups is 2. The van der Waals surface area contributed by atoms with Crippen molar-refractivity contribution in [2.24, 2.45) is 5.92 Å². The van der Waals surface area contributed by atoms with E-state index >= 15 is 0 Å². The summed E-state index contributed by atoms with van der Waals surface area (Å²) < 4.78 is 49.2. The molecular weight excluding hydrogens is 501 g/mol. The van der Waals surface area contributed by atoms with Gasteiger partial charge in [0.15, 0.2) is 0 Å². The number of anilines is 1. The van der Waals surface area contributed by atoms with Gasteiger partial charge in [-0.25, -0.2) is 17.6 Å². The molecule has 2 aliphatic heterocycles. The first-order valence-electron chi connectivity index (χ1n) is 12.4. The Kier molecular flexibility index (Phi) is 6.61. The summed E-state index contributed by atoms with van der Waals surface area (Å²) >= 11 is 0. The lowest BCUT2D eigenvalue weighted by Crippen LogP contribution is -2.43. The number of halogens is 1. The standard InChI is InChI=1S/C26H30FN3O6S/c1-3-30-10-4-5-21(30)25(31)29(2)13-15-11-17(27)6-9-22(15)37(34,35)28-20-8-7-18-19-12-16(19)14-36-24(18)23(20)26(32)33/h6-9,11,16,19,21,28H,3-5,10,12-14H2,1-2H3,(H,32,33)/t16?,19?,21-/m0/s1. The predicted octanol–water partition coefficient (Wildman–Crippen LogP) is 3.26. The topological polar surface area (TPSA) is 116 Å². The number of nitrogens with one attached hydrogen (secondary N) is 1. The molecule has 198 valence electrons. The van der Waals surface area contributed by atoms with Gasteiger partial charge in [-0.3, -0.25) is 14.4 Å². The van der Waals surface area contributed by atoms with Gasteiger partial charge in [-0.15, -0.1) is 0 Å². The highest BCUT2D eigenvalue weighted by Crippen LogP contribution is 2.55. The highest BCUT2D eigenvalue weighted by molar-refractivity contribution is 7.92. The molecule has 11 heteroatoms. The Balaban J connectivity index is 1.44. The number of fused-ring (bicyclic) bond motifs is 3. The van der Waals surface area contributed by atoms with Crippen LogP contribution in [0.2, 0.25) is 0 Å². The molecule has 1 saturated heterocycles. The van der Waals surface area contributed by atoms with Gasteiger partial charge in [-0.2, -0.15) is 0 Å². The number of sulfonamides is 1. The Morgan fingerprint density at radius 3 is 2.78 bits per heavy atom. The summed E-state index contributed by atoms with van der Waals surface area (Å²) in [4.78, 5) is 28.5. The van der Waals surface area contributed by atoms with E-state index in [2.05, 4.69) is 9.62 Å². The smallest absolute Gasteiger partial charge is 0.341 e. The number of likely N-dealkylation sites (tertiary alicyclic amines) is 1. The van der Waals surface area contributed by atoms with E-state index in [-0.39, 0.29) is 51.9 Å². The number of carboxylic acids is 1. The lowest BCUT2D eigenvalue weighted by Gasteiger charge is -2.27. The highest BCUT2D eigenvalue weighted by atomic mass is 32.2. The van der Waals surface area contributed by atoms with Crippen LogP contribution in [-0.4, -0.2) is 68.0 Å². The van der Waals surface area contributed by atoms with Gasteiger partial charge in [0.2, 0.25) is 5.91 Å². The third-order valence-corrected chi connectivity index (χ3v) is 9.03. The van der Waals surface area contributed by atoms with Crippen molar-refractivity contribution >= 4 is 27.6 Å². The molecule has 2 fully saturated rings. The number of benzene rings is 2. The zero-order valence-corrected chi connectivity index (χ0v) is 21.6. The van der Waals surface area contributed by atoms with Crippen LogP contribution in [0.25, 0.3) is 0 Å². The SMILES string of the molecule is CCN1CCC[C@H]1C(=O)N(C)Cc1cc(F)ccc1S(=O)(=O)Nc1ccc2c(c1C(=O)O)OCC1CC21. The van der Waals surface area contributed by atoms with Crippen molar-refractivity contribution in [3.63, 3.8) is 0 Å². The van der Waals surface area contributed by atoms with E-state index in [1.165, 1.54) is 11.0 Å². The molecule has 1 saturated carbocycles. The largest absolute Gasteiger partial charge is 0.492 e. The summed E-state index contributed by atoms with van der Waals surface area (Å²) in [5.74, 6) is -1.32. The molecule has 1 amide bonds. The van der Waals surface area contributed by atoms with Gasteiger partial charge in [0.1, 0.15) is 17.1 Å². The monoisotopic (exact) mass is 531 g/mol. The number of rotatable bonds is 8. The number of amides is 1. The van der Waals surface area contributed by atoms with Crippen LogP contribution in [0.3, 0.4) is 0 Å². The van der Waals surface area contributed by atoms with Crippen molar-refractivity contribution in [3.05, 3.63) is 52.8 Å². The van der Waals surface area contributed by atoms with Crippen molar-refractivity contribution in [2.45, 2.75) is 49.6 Å². The minimum atomic E-state index is -4.34. The minimum absolute atomic E-state index is 0.0938. The number of carbonyl (C=O) groups excluding carboxylic acids is 1. The van der Waals surface area contributed by atoms with Crippen molar-refractivity contribution in [2.75, 3.05) is 31.5 Å². The van der Waals surface area contributed by atoms with E-state index in [9.17, 15) is 27.5 Å². The number of likely N-dealkylation sites (N-methyl/N-ethyl adjacent to an activating group) is 2. The normalized spacial score (nSPS) is 22.5. The van der Waals surface area contributed by atoms with Crippen LogP contribution in [0.15, 0.2) is 35.2 Å². The molecule has 0 bridgehead atoms. The van der Waals surface area contributed by atoms with Gasteiger partial charge >= 0.3 is 5.97 Å². The average molecular weight is 532 g/mol. The molecule has 2 unspecified atom stereocenters. The van der Waals surface area contributed by atoms with Crippen LogP contribution >= 0.6 is 0 Å². The first-order chi connectivity index (χ1) is 17.6. The molecular formula is C26H30FN3O6S. The minimum Gasteiger partial charge on any atom is -0.492 e. The summed E-state index contributed by atoms with van der Waals surface area (Å²) in [6.45, 7) is 3.80. The molecule has 9 nitrogen and oxygen atoms in total. The number of hydrogen-bond acceptors (Lipinski definition) is 6. The van der Waals surface area contributed by atoms with Gasteiger partial charge in [0.25, 0.3) is 10.0 Å². The van der Waals surface area contributed by atoms with Gasteiger partial charge in [-0.1, -0.05) is 13.0 Å². The lowest BCUT2D eigenvalue weighted by atomic mass is 10.0. The van der Waals surface area contributed by atoms with Crippen LogP contribution in [0.5, 0.6) is 5.75 Å². The van der Waals surface area contributed by atoms with Crippen molar-refractivity contribution < 1.29 is 32.2 Å². The first kappa shape index (κ1) is 25.5. The fourth-order valence-electron chi connectivity index (χ4n) is 5.55. The summed E-state index contributed by atoms with van der Waals surface area (Å²) in [6.07, 6.45) is 2.53. The lowest BCUT2D eigenvalue weighted by molar-refractivity contribution is -0.135. The Hall–Kier alpha value is -3.18. The maximum absolute atomic E-state index is 14.2. The van der Waals surface area contributed by atoms with Gasteiger partial charge in [0.05, 0.1) is 23.2 Å². The molecule has 0 spiro atoms. The first-order valence-corrected chi connectivity index (χ1v) is 13.9. The molecule has 0 aromatic heterocycles. The van der Waals surface area contributed by atoms with Crippen LogP contribution < -0.4 is 9.46 Å². The maximum Gasteiger partial charge on any atom is 0.341 e. The second-order valence-electron chi connectivity index (χ2n) is 9.96. The zero-order valence-electron chi connectivity index (χ0n) is 20.7.